The van der Waals surface area contributed by atoms with E-state index in [9.17, 15) is 0 Å². The molecule has 2 nitrogen and oxygen atoms in total. The quantitative estimate of drug-likeness (QED) is 0.807. The van der Waals surface area contributed by atoms with Crippen LogP contribution in [0, 0.1) is 0 Å². The van der Waals surface area contributed by atoms with Gasteiger partial charge in [0.15, 0.2) is 0 Å². The van der Waals surface area contributed by atoms with Gasteiger partial charge in [0.1, 0.15) is 5.75 Å². The number of methoxy groups -OCH3 is 1. The van der Waals surface area contributed by atoms with Crippen LogP contribution in [0.2, 0.25) is 0 Å². The first-order valence-corrected chi connectivity index (χ1v) is 6.27. The fourth-order valence-corrected chi connectivity index (χ4v) is 2.10. The maximum absolute atomic E-state index is 5.18. The summed E-state index contributed by atoms with van der Waals surface area (Å²) in [6, 6.07) is 14.4. The third-order valence-corrected chi connectivity index (χ3v) is 3.55. The first kappa shape index (κ1) is 12.6. The summed E-state index contributed by atoms with van der Waals surface area (Å²) in [5.41, 5.74) is 2.45. The lowest BCUT2D eigenvalue weighted by Crippen LogP contribution is -2.06. The minimum absolute atomic E-state index is 0.402. The molecule has 0 unspecified atom stereocenters. The Morgan fingerprint density at radius 2 is 1.67 bits per heavy atom. The third-order valence-electron chi connectivity index (χ3n) is 3.55. The Morgan fingerprint density at radius 1 is 0.944 bits per heavy atom. The fraction of sp³-hybridized carbons (Fsp3) is 0.312. The maximum atomic E-state index is 5.18. The van der Waals surface area contributed by atoms with Crippen LogP contribution < -0.4 is 4.74 Å². The van der Waals surface area contributed by atoms with Crippen LogP contribution in [-0.2, 0) is 0 Å². The second-order valence-electron chi connectivity index (χ2n) is 4.61. The SMILES string of the molecule is COc1ccc([C@H](C)[C@H](C)c2ccccn2)cc1. The summed E-state index contributed by atoms with van der Waals surface area (Å²) in [6.45, 7) is 4.46. The van der Waals surface area contributed by atoms with Gasteiger partial charge >= 0.3 is 0 Å². The average Bonchev–Trinajstić information content (AvgIpc) is 2.47. The molecule has 2 rings (SSSR count). The molecular formula is C16H19NO. The molecular weight excluding hydrogens is 222 g/mol. The van der Waals surface area contributed by atoms with Gasteiger partial charge in [-0.05, 0) is 35.7 Å². The molecule has 2 heteroatoms. The number of hydrogen-bond donors (Lipinski definition) is 0. The van der Waals surface area contributed by atoms with Gasteiger partial charge in [-0.3, -0.25) is 4.98 Å². The van der Waals surface area contributed by atoms with Crippen molar-refractivity contribution in [2.75, 3.05) is 7.11 Å². The number of pyridine rings is 1. The number of rotatable bonds is 4. The molecule has 0 spiro atoms. The first-order valence-electron chi connectivity index (χ1n) is 6.27. The lowest BCUT2D eigenvalue weighted by molar-refractivity contribution is 0.414. The molecule has 0 aliphatic heterocycles. The first-order chi connectivity index (χ1) is 8.72. The van der Waals surface area contributed by atoms with E-state index in [-0.39, 0.29) is 0 Å². The number of nitrogens with zero attached hydrogens (tertiary/aromatic N) is 1. The Balaban J connectivity index is 2.17. The Morgan fingerprint density at radius 3 is 2.22 bits per heavy atom. The maximum Gasteiger partial charge on any atom is 0.118 e. The zero-order valence-electron chi connectivity index (χ0n) is 11.1. The van der Waals surface area contributed by atoms with Crippen LogP contribution in [0.3, 0.4) is 0 Å². The van der Waals surface area contributed by atoms with E-state index in [4.69, 9.17) is 4.74 Å². The van der Waals surface area contributed by atoms with E-state index in [2.05, 4.69) is 37.0 Å². The highest BCUT2D eigenvalue weighted by molar-refractivity contribution is 5.31. The van der Waals surface area contributed by atoms with Gasteiger partial charge in [-0.2, -0.15) is 0 Å². The summed E-state index contributed by atoms with van der Waals surface area (Å²) >= 11 is 0. The molecule has 0 aliphatic carbocycles. The standard InChI is InChI=1S/C16H19NO/c1-12(13(2)16-6-4-5-11-17-16)14-7-9-15(18-3)10-8-14/h4-13H,1-3H3/t12-,13+/m1/s1. The monoisotopic (exact) mass is 241 g/mol. The molecule has 2 atom stereocenters. The predicted octanol–water partition coefficient (Wildman–Crippen LogP) is 4.00. The van der Waals surface area contributed by atoms with Crippen LogP contribution >= 0.6 is 0 Å². The molecule has 0 aliphatic rings. The lowest BCUT2D eigenvalue weighted by Gasteiger charge is -2.20. The molecule has 1 aromatic carbocycles. The summed E-state index contributed by atoms with van der Waals surface area (Å²) in [6.07, 6.45) is 1.85. The van der Waals surface area contributed by atoms with Gasteiger partial charge in [0, 0.05) is 17.8 Å². The lowest BCUT2D eigenvalue weighted by atomic mass is 9.86. The van der Waals surface area contributed by atoms with E-state index in [1.807, 2.05) is 30.5 Å². The summed E-state index contributed by atoms with van der Waals surface area (Å²) in [7, 11) is 1.69. The van der Waals surface area contributed by atoms with Crippen molar-refractivity contribution in [3.05, 3.63) is 59.9 Å². The van der Waals surface area contributed by atoms with Gasteiger partial charge in [-0.1, -0.05) is 32.0 Å². The van der Waals surface area contributed by atoms with Gasteiger partial charge in [-0.25, -0.2) is 0 Å². The summed E-state index contributed by atoms with van der Waals surface area (Å²) in [5.74, 6) is 1.74. The van der Waals surface area contributed by atoms with Crippen molar-refractivity contribution < 1.29 is 4.74 Å². The minimum atomic E-state index is 0.402. The highest BCUT2D eigenvalue weighted by Gasteiger charge is 2.17. The number of aromatic nitrogens is 1. The van der Waals surface area contributed by atoms with Crippen molar-refractivity contribution in [2.45, 2.75) is 25.7 Å². The van der Waals surface area contributed by atoms with E-state index in [1.165, 1.54) is 5.56 Å². The molecule has 1 aromatic heterocycles. The molecule has 94 valence electrons. The molecule has 0 bridgehead atoms. The van der Waals surface area contributed by atoms with Crippen LogP contribution in [0.1, 0.15) is 36.9 Å². The highest BCUT2D eigenvalue weighted by Crippen LogP contribution is 2.31. The number of hydrogen-bond acceptors (Lipinski definition) is 2. The smallest absolute Gasteiger partial charge is 0.118 e. The predicted molar refractivity (Wildman–Crippen MR) is 74.1 cm³/mol. The van der Waals surface area contributed by atoms with Crippen LogP contribution in [0.25, 0.3) is 0 Å². The van der Waals surface area contributed by atoms with Crippen LogP contribution in [0.4, 0.5) is 0 Å². The average molecular weight is 241 g/mol. The Kier molecular flexibility index (Phi) is 3.98. The normalized spacial score (nSPS) is 13.9. The van der Waals surface area contributed by atoms with Crippen LogP contribution in [0.5, 0.6) is 5.75 Å². The molecule has 0 fully saturated rings. The molecule has 0 saturated carbocycles. The summed E-state index contributed by atoms with van der Waals surface area (Å²) in [5, 5.41) is 0. The molecule has 0 N–H and O–H groups in total. The van der Waals surface area contributed by atoms with Gasteiger partial charge in [-0.15, -0.1) is 0 Å². The third kappa shape index (κ3) is 2.70. The second-order valence-corrected chi connectivity index (χ2v) is 4.61. The van der Waals surface area contributed by atoms with Gasteiger partial charge < -0.3 is 4.74 Å². The van der Waals surface area contributed by atoms with Crippen LogP contribution in [0.15, 0.2) is 48.7 Å². The van der Waals surface area contributed by atoms with Gasteiger partial charge in [0.2, 0.25) is 0 Å². The van der Waals surface area contributed by atoms with Crippen molar-refractivity contribution in [2.24, 2.45) is 0 Å². The van der Waals surface area contributed by atoms with Crippen molar-refractivity contribution >= 4 is 0 Å². The minimum Gasteiger partial charge on any atom is -0.497 e. The van der Waals surface area contributed by atoms with E-state index >= 15 is 0 Å². The topological polar surface area (TPSA) is 22.1 Å². The second kappa shape index (κ2) is 5.67. The number of benzene rings is 1. The Hall–Kier alpha value is -1.83. The zero-order valence-corrected chi connectivity index (χ0v) is 11.1. The summed E-state index contributed by atoms with van der Waals surface area (Å²) < 4.78 is 5.18. The zero-order chi connectivity index (χ0) is 13.0. The van der Waals surface area contributed by atoms with Gasteiger partial charge in [0.05, 0.1) is 7.11 Å². The van der Waals surface area contributed by atoms with E-state index in [0.29, 0.717) is 11.8 Å². The largest absolute Gasteiger partial charge is 0.497 e. The van der Waals surface area contributed by atoms with E-state index in [0.717, 1.165) is 11.4 Å². The van der Waals surface area contributed by atoms with E-state index < -0.39 is 0 Å². The van der Waals surface area contributed by atoms with Crippen molar-refractivity contribution in [3.63, 3.8) is 0 Å². The van der Waals surface area contributed by atoms with Crippen molar-refractivity contribution in [1.29, 1.82) is 0 Å². The Bertz CT molecular complexity index is 478. The van der Waals surface area contributed by atoms with Crippen LogP contribution in [-0.4, -0.2) is 12.1 Å². The molecule has 0 radical (unpaired) electrons. The van der Waals surface area contributed by atoms with Gasteiger partial charge in [0.25, 0.3) is 0 Å². The Labute approximate surface area is 109 Å². The molecule has 1 heterocycles. The highest BCUT2D eigenvalue weighted by atomic mass is 16.5. The molecule has 2 aromatic rings. The van der Waals surface area contributed by atoms with Crippen molar-refractivity contribution in [1.82, 2.24) is 4.98 Å². The van der Waals surface area contributed by atoms with Crippen molar-refractivity contribution in [3.8, 4) is 5.75 Å². The molecule has 0 saturated heterocycles. The summed E-state index contributed by atoms with van der Waals surface area (Å²) in [4.78, 5) is 4.43. The number of ether oxygens (including phenoxy) is 1. The molecule has 18 heavy (non-hydrogen) atoms. The fourth-order valence-electron chi connectivity index (χ4n) is 2.10. The van der Waals surface area contributed by atoms with E-state index in [1.54, 1.807) is 7.11 Å². The molecule has 0 amide bonds.